The van der Waals surface area contributed by atoms with Crippen LogP contribution in [0.1, 0.15) is 5.56 Å². The molecule has 0 saturated carbocycles. The number of rotatable bonds is 3. The Morgan fingerprint density at radius 2 is 1.31 bits per heavy atom. The number of alkyl halides is 3. The molecule has 0 fully saturated rings. The van der Waals surface area contributed by atoms with Gasteiger partial charge in [0.1, 0.15) is 5.75 Å². The minimum atomic E-state index is -10.7. The molecule has 0 unspecified atom stereocenters. The molecule has 26 heavy (non-hydrogen) atoms. The average molecular weight is 524 g/mol. The van der Waals surface area contributed by atoms with Crippen molar-refractivity contribution in [3.8, 4) is 5.75 Å². The van der Waals surface area contributed by atoms with Crippen LogP contribution in [0.2, 0.25) is 0 Å². The Hall–Kier alpha value is -1.23. The summed E-state index contributed by atoms with van der Waals surface area (Å²) in [5.74, 6) is 0.747. The van der Waals surface area contributed by atoms with Gasteiger partial charge >= 0.3 is 60.4 Å². The SMILES string of the molecule is COc1ccc([I+]c2cccc(C(F)(F)F)c2)cc1.F[P-](F)(F)(F)(F)F. The van der Waals surface area contributed by atoms with Gasteiger partial charge in [0.25, 0.3) is 0 Å². The van der Waals surface area contributed by atoms with Crippen molar-refractivity contribution >= 4 is 7.81 Å². The van der Waals surface area contributed by atoms with Crippen molar-refractivity contribution in [1.29, 1.82) is 0 Å². The van der Waals surface area contributed by atoms with E-state index in [-0.39, 0.29) is 0 Å². The molecule has 2 aromatic rings. The second-order valence-electron chi connectivity index (χ2n) is 4.72. The first-order valence-corrected chi connectivity index (χ1v) is 10.7. The summed E-state index contributed by atoms with van der Waals surface area (Å²) in [5, 5.41) is 0. The average Bonchev–Trinajstić information content (AvgIpc) is 2.44. The molecule has 148 valence electrons. The molecule has 12 heteroatoms. The number of ether oxygens (including phenoxy) is 1. The molecule has 2 aromatic carbocycles. The number of hydrogen-bond acceptors (Lipinski definition) is 1. The summed E-state index contributed by atoms with van der Waals surface area (Å²) in [7, 11) is -9.08. The van der Waals surface area contributed by atoms with E-state index in [4.69, 9.17) is 4.74 Å². The molecular weight excluding hydrogens is 513 g/mol. The summed E-state index contributed by atoms with van der Waals surface area (Å²) < 4.78 is 104. The molecule has 1 nitrogen and oxygen atoms in total. The Morgan fingerprint density at radius 3 is 1.73 bits per heavy atom. The summed E-state index contributed by atoms with van der Waals surface area (Å²) in [4.78, 5) is 0. The molecule has 0 bridgehead atoms. The monoisotopic (exact) mass is 524 g/mol. The van der Waals surface area contributed by atoms with Crippen LogP contribution in [-0.4, -0.2) is 7.11 Å². The van der Waals surface area contributed by atoms with Crippen LogP contribution in [0.15, 0.2) is 48.5 Å². The van der Waals surface area contributed by atoms with Crippen LogP contribution in [0.5, 0.6) is 5.75 Å². The molecule has 0 spiro atoms. The Morgan fingerprint density at radius 1 is 0.808 bits per heavy atom. The first kappa shape index (κ1) is 22.8. The van der Waals surface area contributed by atoms with Crippen LogP contribution in [0.4, 0.5) is 38.4 Å². The van der Waals surface area contributed by atoms with E-state index < -0.39 is 40.8 Å². The van der Waals surface area contributed by atoms with E-state index in [1.54, 1.807) is 13.2 Å². The summed E-state index contributed by atoms with van der Waals surface area (Å²) in [5.41, 5.74) is -0.585. The number of hydrogen-bond donors (Lipinski definition) is 0. The molecule has 0 aliphatic carbocycles. The molecule has 0 N–H and O–H groups in total. The van der Waals surface area contributed by atoms with Gasteiger partial charge in [-0.1, -0.05) is 6.07 Å². The fraction of sp³-hybridized carbons (Fsp3) is 0.143. The maximum atomic E-state index is 12.6. The number of halogens is 10. The van der Waals surface area contributed by atoms with Gasteiger partial charge in [-0.05, 0) is 36.4 Å². The fourth-order valence-electron chi connectivity index (χ4n) is 1.48. The normalized spacial score (nSPS) is 14.5. The summed E-state index contributed by atoms with van der Waals surface area (Å²) in [6.45, 7) is 0. The zero-order valence-electron chi connectivity index (χ0n) is 12.8. The quantitative estimate of drug-likeness (QED) is 0.332. The van der Waals surface area contributed by atoms with E-state index in [2.05, 4.69) is 0 Å². The van der Waals surface area contributed by atoms with Crippen LogP contribution in [-0.2, 0) is 6.18 Å². The van der Waals surface area contributed by atoms with E-state index in [9.17, 15) is 38.4 Å². The topological polar surface area (TPSA) is 9.23 Å². The van der Waals surface area contributed by atoms with Crippen LogP contribution in [0.3, 0.4) is 0 Å². The summed E-state index contributed by atoms with van der Waals surface area (Å²) in [6.07, 6.45) is -4.28. The molecule has 0 aromatic heterocycles. The Kier molecular flexibility index (Phi) is 6.20. The van der Waals surface area contributed by atoms with Gasteiger partial charge in [0, 0.05) is 6.07 Å². The molecule has 0 heterocycles. The van der Waals surface area contributed by atoms with E-state index in [0.29, 0.717) is 0 Å². The zero-order valence-corrected chi connectivity index (χ0v) is 15.8. The van der Waals surface area contributed by atoms with Crippen molar-refractivity contribution in [3.63, 3.8) is 0 Å². The van der Waals surface area contributed by atoms with Gasteiger partial charge < -0.3 is 4.74 Å². The molecule has 0 saturated heterocycles. The minimum absolute atomic E-state index is 0.585. The van der Waals surface area contributed by atoms with Gasteiger partial charge in [0.15, 0.2) is 7.14 Å². The van der Waals surface area contributed by atoms with Gasteiger partial charge in [-0.3, -0.25) is 0 Å². The van der Waals surface area contributed by atoms with Crippen LogP contribution in [0, 0.1) is 7.14 Å². The third-order valence-electron chi connectivity index (χ3n) is 2.42. The molecule has 0 amide bonds. The molecule has 0 aliphatic rings. The second-order valence-corrected chi connectivity index (χ2v) is 9.67. The molecule has 0 radical (unpaired) electrons. The molecular formula is C14H11F9IOP. The van der Waals surface area contributed by atoms with E-state index >= 15 is 0 Å². The Bertz CT molecular complexity index is 728. The van der Waals surface area contributed by atoms with Crippen molar-refractivity contribution in [3.05, 3.63) is 61.2 Å². The van der Waals surface area contributed by atoms with Crippen LogP contribution < -0.4 is 25.9 Å². The number of methoxy groups -OCH3 is 1. The van der Waals surface area contributed by atoms with E-state index in [1.165, 1.54) is 12.1 Å². The van der Waals surface area contributed by atoms with Crippen molar-refractivity contribution in [1.82, 2.24) is 0 Å². The predicted molar refractivity (Wildman–Crippen MR) is 75.4 cm³/mol. The van der Waals surface area contributed by atoms with E-state index in [1.807, 2.05) is 24.3 Å². The molecule has 2 rings (SSSR count). The summed E-state index contributed by atoms with van der Waals surface area (Å²) >= 11 is -0.610. The first-order valence-electron chi connectivity index (χ1n) is 6.46. The van der Waals surface area contributed by atoms with Crippen molar-refractivity contribution in [2.75, 3.05) is 7.11 Å². The number of benzene rings is 2. The van der Waals surface area contributed by atoms with Gasteiger partial charge in [-0.2, -0.15) is 13.2 Å². The Labute approximate surface area is 152 Å². The first-order chi connectivity index (χ1) is 11.4. The fourth-order valence-corrected chi connectivity index (χ4v) is 3.80. The standard InChI is InChI=1S/C14H11F3IO.F6P/c1-19-13-7-5-11(6-8-13)18-12-4-2-3-10(9-12)14(15,16)17;1-7(2,3,4,5)6/h2-9H,1H3;/q+1;-1. The molecule has 0 atom stereocenters. The van der Waals surface area contributed by atoms with Crippen molar-refractivity contribution in [2.45, 2.75) is 6.18 Å². The van der Waals surface area contributed by atoms with Gasteiger partial charge in [-0.25, -0.2) is 0 Å². The second kappa shape index (κ2) is 7.06. The Balaban J connectivity index is 0.000000412. The zero-order chi connectivity index (χ0) is 20.3. The van der Waals surface area contributed by atoms with Gasteiger partial charge in [0.05, 0.1) is 12.7 Å². The van der Waals surface area contributed by atoms with Crippen LogP contribution >= 0.6 is 7.81 Å². The van der Waals surface area contributed by atoms with E-state index in [0.717, 1.165) is 19.0 Å². The van der Waals surface area contributed by atoms with Crippen molar-refractivity contribution < 1.29 is 64.3 Å². The van der Waals surface area contributed by atoms with Crippen molar-refractivity contribution in [2.24, 2.45) is 0 Å². The third kappa shape index (κ3) is 11.4. The van der Waals surface area contributed by atoms with Gasteiger partial charge in [-0.15, -0.1) is 0 Å². The molecule has 0 aliphatic heterocycles. The third-order valence-corrected chi connectivity index (χ3v) is 5.06. The maximum absolute atomic E-state index is 12.6. The summed E-state index contributed by atoms with van der Waals surface area (Å²) in [6, 6.07) is 13.0. The van der Waals surface area contributed by atoms with Crippen LogP contribution in [0.25, 0.3) is 0 Å². The van der Waals surface area contributed by atoms with Gasteiger partial charge in [0.2, 0.25) is 0 Å². The predicted octanol–water partition coefficient (Wildman–Crippen LogP) is 4.22.